The first kappa shape index (κ1) is 94.7. The summed E-state index contributed by atoms with van der Waals surface area (Å²) in [7, 11) is 0. The molecule has 12 aromatic heterocycles. The predicted molar refractivity (Wildman–Crippen MR) is 542 cm³/mol. The van der Waals surface area contributed by atoms with Gasteiger partial charge in [0.1, 0.15) is 84.0 Å². The second-order valence-electron chi connectivity index (χ2n) is 32.7. The van der Waals surface area contributed by atoms with Crippen LogP contribution in [0.2, 0.25) is 5.02 Å². The Balaban J connectivity index is 0.000000115. The number of hydrogen-bond donors (Lipinski definition) is 5. The van der Waals surface area contributed by atoms with Crippen molar-refractivity contribution in [2.24, 2.45) is 0 Å². The van der Waals surface area contributed by atoms with E-state index in [-0.39, 0.29) is 101 Å². The third-order valence-electron chi connectivity index (χ3n) is 24.4. The summed E-state index contributed by atoms with van der Waals surface area (Å²) in [5.74, 6) is -5.06. The van der Waals surface area contributed by atoms with Crippen molar-refractivity contribution in [1.82, 2.24) is 59.9 Å². The molecular weight excluding hydrogens is 1970 g/mol. The van der Waals surface area contributed by atoms with Crippen LogP contribution in [-0.2, 0) is 34.0 Å². The van der Waals surface area contributed by atoms with Gasteiger partial charge in [-0.15, -0.1) is 90.7 Å². The van der Waals surface area contributed by atoms with Crippen molar-refractivity contribution in [3.63, 3.8) is 0 Å². The molecular formula is C100H79ClF8N16O6S8. The number of thiazole rings is 4. The Morgan fingerprint density at radius 3 is 1.19 bits per heavy atom. The highest BCUT2D eigenvalue weighted by atomic mass is 35.5. The summed E-state index contributed by atoms with van der Waals surface area (Å²) in [5, 5.41) is 16.3. The maximum Gasteiger partial charge on any atom is 0.410 e. The fourth-order valence-corrected chi connectivity index (χ4v) is 24.8. The van der Waals surface area contributed by atoms with Crippen molar-refractivity contribution >= 4 is 253 Å². The monoisotopic (exact) mass is 2040 g/mol. The highest BCUT2D eigenvalue weighted by Gasteiger charge is 2.39. The first-order chi connectivity index (χ1) is 67.4. The molecule has 3 amide bonds. The summed E-state index contributed by atoms with van der Waals surface area (Å²) in [4.78, 5) is 84.3. The average molecular weight is 2040 g/mol. The molecule has 0 spiro atoms. The number of pyridine rings is 4. The number of rotatable bonds is 16. The number of nitrogens with one attached hydrogen (secondary N) is 4. The Kier molecular flexibility index (Phi) is 28.2. The molecule has 23 rings (SSSR count). The number of hydrogen-bond acceptors (Lipinski definition) is 27. The maximum atomic E-state index is 15.0. The van der Waals surface area contributed by atoms with Crippen LogP contribution < -0.4 is 27.0 Å². The van der Waals surface area contributed by atoms with E-state index in [9.17, 15) is 40.7 Å². The molecule has 6 atom stereocenters. The zero-order valence-corrected chi connectivity index (χ0v) is 81.1. The Bertz CT molecular complexity index is 7850. The highest BCUT2D eigenvalue weighted by molar-refractivity contribution is 7.21. The summed E-state index contributed by atoms with van der Waals surface area (Å²) in [6, 6.07) is 49.0. The van der Waals surface area contributed by atoms with Crippen molar-refractivity contribution in [2.75, 3.05) is 47.9 Å². The van der Waals surface area contributed by atoms with Gasteiger partial charge in [-0.1, -0.05) is 115 Å². The second-order valence-corrected chi connectivity index (χ2v) is 40.9. The number of ether oxygens (including phenoxy) is 3. The third kappa shape index (κ3) is 20.0. The Hall–Kier alpha value is -13.3. The maximum absolute atomic E-state index is 15.0. The van der Waals surface area contributed by atoms with Crippen LogP contribution in [0.25, 0.3) is 92.9 Å². The van der Waals surface area contributed by atoms with Crippen LogP contribution in [0.4, 0.5) is 89.3 Å². The molecule has 6 unspecified atom stereocenters. The number of fused-ring (bicyclic) bond motifs is 8. The van der Waals surface area contributed by atoms with E-state index in [2.05, 4.69) is 86.3 Å². The molecule has 39 heteroatoms. The normalized spacial score (nSPS) is 16.7. The Labute approximate surface area is 825 Å². The van der Waals surface area contributed by atoms with Gasteiger partial charge in [0.2, 0.25) is 0 Å². The van der Waals surface area contributed by atoms with Crippen LogP contribution in [-0.4, -0.2) is 123 Å². The van der Waals surface area contributed by atoms with Gasteiger partial charge in [0.15, 0.2) is 46.5 Å². The van der Waals surface area contributed by atoms with Gasteiger partial charge in [0.05, 0.1) is 75.0 Å². The lowest BCUT2D eigenvalue weighted by molar-refractivity contribution is 0.0932. The minimum Gasteiger partial charge on any atom is -0.445 e. The summed E-state index contributed by atoms with van der Waals surface area (Å²) in [6.45, 7) is 11.5. The average Bonchev–Trinajstić information content (AvgIpc) is 1.62. The van der Waals surface area contributed by atoms with Gasteiger partial charge in [0, 0.05) is 109 Å². The molecule has 2 fully saturated rings. The van der Waals surface area contributed by atoms with Gasteiger partial charge in [-0.25, -0.2) is 89.4 Å². The quantitative estimate of drug-likeness (QED) is 0.0342. The summed E-state index contributed by atoms with van der Waals surface area (Å²) in [5.41, 5.74) is 17.2. The van der Waals surface area contributed by atoms with E-state index in [1.54, 1.807) is 86.4 Å². The van der Waals surface area contributed by atoms with Gasteiger partial charge in [-0.05, 0) is 148 Å². The van der Waals surface area contributed by atoms with E-state index in [4.69, 9.17) is 31.5 Å². The van der Waals surface area contributed by atoms with Crippen molar-refractivity contribution in [3.05, 3.63) is 311 Å². The number of carbonyl (C=O) groups is 3. The van der Waals surface area contributed by atoms with Gasteiger partial charge in [0.25, 0.3) is 0 Å². The van der Waals surface area contributed by atoms with Crippen LogP contribution in [0, 0.1) is 46.5 Å². The van der Waals surface area contributed by atoms with Gasteiger partial charge in [-0.2, -0.15) is 0 Å². The molecule has 7 aromatic carbocycles. The standard InChI is InChI=1S/C27H22F2N4O2S2.C27H20F2N4O2S2.C20H17ClN2O2S.C19H16F2N4S2.C7H4F2N2S/c2*1-15-17(8-10-33(15)27(34)35-13-16-5-3-2-4-6-16)21-11-18-20(7-9-30-26(18)37-21)32-24-19(28)12-22-25(23(24)29)31-14-36-22;1-13-15(18-11-16-17(21)7-9-22-19(16)26-18)8-10-23(13)20(24)25-12-14-5-3-2-4-6-14;1-9-10(2-4-22-9)14-6-11-13(3-5-23-19(11)27-14)25-17-12(20)7-15-18(16(17)21)24-8-26-15;8-3-1-4-7(11-2-12-4)5(9)6(3)10/h2-7,9,11-12,14-15,17H,8,10,13H2,1H3,(H,30,32);2-9,11-12,14-15H,10,13H2,1H3,(H,30,32);2-9,11,13H,10,12H2,1H3;3,5-10,22H,2,4H2,1H3,(H,23,25);1-2H,10H2. The lowest BCUT2D eigenvalue weighted by Gasteiger charge is -2.23. The van der Waals surface area contributed by atoms with Crippen molar-refractivity contribution < 1.29 is 63.7 Å². The molecule has 19 aromatic rings. The van der Waals surface area contributed by atoms with E-state index < -0.39 is 52.2 Å². The largest absolute Gasteiger partial charge is 0.445 e. The van der Waals surface area contributed by atoms with Crippen LogP contribution in [0.1, 0.15) is 88.6 Å². The molecule has 22 nitrogen and oxygen atoms in total. The molecule has 0 bridgehead atoms. The fraction of sp³-hybridized carbons (Fsp3) is 0.190. The first-order valence-corrected chi connectivity index (χ1v) is 50.8. The topological polar surface area (TPSA) is 266 Å². The number of likely N-dealkylation sites (tertiary alicyclic amines) is 1. The SMILES string of the molecule is CC1C(c2cc3c(Cl)ccnc3s2)=CCN1C(=O)OCc1ccccc1.CC1C(c2cc3c(Nc4c(F)cc5scnc5c4F)ccnc3s2)=CCN1C(=O)OCc1ccccc1.CC1C(c2cc3c(Nc4c(F)cc5scnc5c4F)ccnc3s2)CCN1C(=O)OCc1ccccc1.CC1NCCC1c1cc2c(Nc3c(F)cc4scnc4c3F)ccnc2s1.Nc1c(F)cc2scnc2c1F. The van der Waals surface area contributed by atoms with Crippen molar-refractivity contribution in [2.45, 2.75) is 96.4 Å². The number of halogens is 9. The molecule has 2 saturated heterocycles. The predicted octanol–water partition coefficient (Wildman–Crippen LogP) is 27.7. The van der Waals surface area contributed by atoms with E-state index in [0.29, 0.717) is 77.3 Å². The number of nitrogens with two attached hydrogens (primary N) is 1. The van der Waals surface area contributed by atoms with E-state index in [0.717, 1.165) is 97.9 Å². The van der Waals surface area contributed by atoms with Crippen LogP contribution in [0.3, 0.4) is 0 Å². The third-order valence-corrected chi connectivity index (χ3v) is 32.3. The second kappa shape index (κ2) is 41.4. The Morgan fingerprint density at radius 2 is 0.784 bits per heavy atom. The van der Waals surface area contributed by atoms with Crippen LogP contribution >= 0.6 is 102 Å². The summed E-state index contributed by atoms with van der Waals surface area (Å²) < 4.78 is 133. The zero-order chi connectivity index (χ0) is 96.4. The number of anilines is 7. The first-order valence-electron chi connectivity index (χ1n) is 43.6. The molecule has 706 valence electrons. The molecule has 0 aliphatic carbocycles. The summed E-state index contributed by atoms with van der Waals surface area (Å²) >= 11 is 17.3. The smallest absolute Gasteiger partial charge is 0.410 e. The number of amides is 3. The molecule has 0 radical (unpaired) electrons. The number of thiophene rings is 4. The number of carbonyl (C=O) groups excluding carboxylic acids is 3. The molecule has 139 heavy (non-hydrogen) atoms. The molecule has 16 heterocycles. The zero-order valence-electron chi connectivity index (χ0n) is 73.8. The van der Waals surface area contributed by atoms with Gasteiger partial charge < -0.3 is 46.1 Å². The minimum atomic E-state index is -0.772. The van der Waals surface area contributed by atoms with Crippen LogP contribution in [0.5, 0.6) is 0 Å². The lowest BCUT2D eigenvalue weighted by Crippen LogP contribution is -2.35. The van der Waals surface area contributed by atoms with E-state index in [1.807, 2.05) is 130 Å². The number of nitrogens with zero attached hydrogens (tertiary/aromatic N) is 11. The lowest BCUT2D eigenvalue weighted by atomic mass is 9.99. The fourth-order valence-electron chi connectivity index (χ4n) is 16.9. The molecule has 4 aliphatic heterocycles. The molecule has 4 aliphatic rings. The van der Waals surface area contributed by atoms with Crippen LogP contribution in [0.15, 0.2) is 223 Å². The Morgan fingerprint density at radius 1 is 0.424 bits per heavy atom. The summed E-state index contributed by atoms with van der Waals surface area (Å²) in [6.07, 6.45) is 11.5. The molecule has 6 N–H and O–H groups in total. The number of nitrogen functional groups attached to an aromatic ring is 1. The molecule has 0 saturated carbocycles. The van der Waals surface area contributed by atoms with Crippen molar-refractivity contribution in [1.29, 1.82) is 0 Å². The van der Waals surface area contributed by atoms with E-state index >= 15 is 8.78 Å². The van der Waals surface area contributed by atoms with Gasteiger partial charge in [-0.3, -0.25) is 9.80 Å². The van der Waals surface area contributed by atoms with E-state index in [1.165, 1.54) is 119 Å². The number of aromatic nitrogens is 8. The minimum absolute atomic E-state index is 0.0508. The van der Waals surface area contributed by atoms with Crippen molar-refractivity contribution in [3.8, 4) is 0 Å². The number of benzene rings is 7. The van der Waals surface area contributed by atoms with Gasteiger partial charge >= 0.3 is 18.3 Å². The highest BCUT2D eigenvalue weighted by Crippen LogP contribution is 2.47.